The van der Waals surface area contributed by atoms with E-state index in [4.69, 9.17) is 5.73 Å². The van der Waals surface area contributed by atoms with Crippen LogP contribution in [0.2, 0.25) is 0 Å². The van der Waals surface area contributed by atoms with E-state index in [2.05, 4.69) is 23.9 Å². The predicted molar refractivity (Wildman–Crippen MR) is 67.4 cm³/mol. The minimum absolute atomic E-state index is 0.0942. The van der Waals surface area contributed by atoms with Gasteiger partial charge in [-0.1, -0.05) is 27.7 Å². The molecule has 1 aromatic heterocycles. The minimum atomic E-state index is -0.901. The second-order valence-corrected chi connectivity index (χ2v) is 5.39. The molecule has 0 spiro atoms. The molecular formula is C12H24N4O. The first-order chi connectivity index (χ1) is 7.89. The van der Waals surface area contributed by atoms with E-state index in [0.717, 1.165) is 12.4 Å². The molecule has 1 aromatic rings. The van der Waals surface area contributed by atoms with E-state index in [1.165, 1.54) is 6.33 Å². The summed E-state index contributed by atoms with van der Waals surface area (Å²) in [4.78, 5) is 4.22. The molecule has 0 saturated heterocycles. The third-order valence-electron chi connectivity index (χ3n) is 3.13. The summed E-state index contributed by atoms with van der Waals surface area (Å²) >= 11 is 0. The fraction of sp³-hybridized carbons (Fsp3) is 0.833. The van der Waals surface area contributed by atoms with Crippen molar-refractivity contribution in [3.05, 3.63) is 12.2 Å². The molecule has 0 amide bonds. The summed E-state index contributed by atoms with van der Waals surface area (Å²) in [5.74, 6) is 1.40. The lowest BCUT2D eigenvalue weighted by atomic mass is 9.87. The molecule has 0 aliphatic rings. The third-order valence-corrected chi connectivity index (χ3v) is 3.13. The second kappa shape index (κ2) is 5.60. The molecule has 1 unspecified atom stereocenters. The van der Waals surface area contributed by atoms with Crippen molar-refractivity contribution in [1.82, 2.24) is 14.8 Å². The Morgan fingerprint density at radius 3 is 2.53 bits per heavy atom. The van der Waals surface area contributed by atoms with Gasteiger partial charge in [-0.25, -0.2) is 9.67 Å². The van der Waals surface area contributed by atoms with Crippen LogP contribution in [0.1, 0.15) is 33.5 Å². The highest BCUT2D eigenvalue weighted by Gasteiger charge is 2.31. The lowest BCUT2D eigenvalue weighted by molar-refractivity contribution is 0.00128. The van der Waals surface area contributed by atoms with Gasteiger partial charge in [0.15, 0.2) is 0 Å². The average molecular weight is 240 g/mol. The Morgan fingerprint density at radius 1 is 1.41 bits per heavy atom. The molecule has 5 nitrogen and oxygen atoms in total. The van der Waals surface area contributed by atoms with Crippen LogP contribution in [-0.2, 0) is 13.0 Å². The Balaban J connectivity index is 2.83. The van der Waals surface area contributed by atoms with Crippen LogP contribution in [0.5, 0.6) is 0 Å². The SMILES string of the molecule is CC(C)Cn1ncnc1CC(O)(CN)C(C)C. The molecule has 1 rings (SSSR count). The lowest BCUT2D eigenvalue weighted by Crippen LogP contribution is -2.45. The molecule has 17 heavy (non-hydrogen) atoms. The maximum atomic E-state index is 10.4. The predicted octanol–water partition coefficient (Wildman–Crippen LogP) is 0.822. The molecule has 0 radical (unpaired) electrons. The van der Waals surface area contributed by atoms with Crippen molar-refractivity contribution < 1.29 is 5.11 Å². The number of rotatable bonds is 6. The van der Waals surface area contributed by atoms with E-state index < -0.39 is 5.60 Å². The quantitative estimate of drug-likeness (QED) is 0.772. The maximum Gasteiger partial charge on any atom is 0.138 e. The monoisotopic (exact) mass is 240 g/mol. The Morgan fingerprint density at radius 2 is 2.06 bits per heavy atom. The van der Waals surface area contributed by atoms with E-state index >= 15 is 0 Å². The zero-order chi connectivity index (χ0) is 13.1. The van der Waals surface area contributed by atoms with E-state index in [0.29, 0.717) is 12.3 Å². The van der Waals surface area contributed by atoms with Crippen LogP contribution in [0.25, 0.3) is 0 Å². The van der Waals surface area contributed by atoms with Gasteiger partial charge in [-0.3, -0.25) is 0 Å². The smallest absolute Gasteiger partial charge is 0.138 e. The fourth-order valence-electron chi connectivity index (χ4n) is 1.71. The van der Waals surface area contributed by atoms with Crippen molar-refractivity contribution in [1.29, 1.82) is 0 Å². The number of hydrogen-bond donors (Lipinski definition) is 2. The van der Waals surface area contributed by atoms with Gasteiger partial charge < -0.3 is 10.8 Å². The molecular weight excluding hydrogens is 216 g/mol. The van der Waals surface area contributed by atoms with Gasteiger partial charge in [0.25, 0.3) is 0 Å². The summed E-state index contributed by atoms with van der Waals surface area (Å²) in [6.07, 6.45) is 1.99. The number of nitrogens with zero attached hydrogens (tertiary/aromatic N) is 3. The van der Waals surface area contributed by atoms with Gasteiger partial charge in [0.05, 0.1) is 5.60 Å². The second-order valence-electron chi connectivity index (χ2n) is 5.39. The summed E-state index contributed by atoms with van der Waals surface area (Å²) < 4.78 is 1.85. The summed E-state index contributed by atoms with van der Waals surface area (Å²) in [5.41, 5.74) is 4.77. The van der Waals surface area contributed by atoms with Crippen molar-refractivity contribution in [2.24, 2.45) is 17.6 Å². The summed E-state index contributed by atoms with van der Waals surface area (Å²) in [5, 5.41) is 14.6. The highest BCUT2D eigenvalue weighted by molar-refractivity contribution is 4.97. The van der Waals surface area contributed by atoms with Crippen LogP contribution in [-0.4, -0.2) is 32.0 Å². The first-order valence-electron chi connectivity index (χ1n) is 6.18. The molecule has 5 heteroatoms. The van der Waals surface area contributed by atoms with E-state index in [9.17, 15) is 5.11 Å². The van der Waals surface area contributed by atoms with Crippen LogP contribution in [0.4, 0.5) is 0 Å². The molecule has 1 heterocycles. The van der Waals surface area contributed by atoms with Crippen LogP contribution < -0.4 is 5.73 Å². The van der Waals surface area contributed by atoms with Crippen molar-refractivity contribution in [3.8, 4) is 0 Å². The maximum absolute atomic E-state index is 10.4. The van der Waals surface area contributed by atoms with Crippen molar-refractivity contribution in [3.63, 3.8) is 0 Å². The highest BCUT2D eigenvalue weighted by Crippen LogP contribution is 2.20. The van der Waals surface area contributed by atoms with E-state index in [1.807, 2.05) is 18.5 Å². The van der Waals surface area contributed by atoms with Gasteiger partial charge in [-0.15, -0.1) is 0 Å². The van der Waals surface area contributed by atoms with Gasteiger partial charge in [-0.2, -0.15) is 5.10 Å². The number of nitrogens with two attached hydrogens (primary N) is 1. The van der Waals surface area contributed by atoms with Gasteiger partial charge in [0, 0.05) is 19.5 Å². The van der Waals surface area contributed by atoms with Crippen LogP contribution >= 0.6 is 0 Å². The van der Waals surface area contributed by atoms with E-state index in [1.54, 1.807) is 0 Å². The summed E-state index contributed by atoms with van der Waals surface area (Å²) in [6.45, 7) is 9.24. The molecule has 0 aliphatic carbocycles. The van der Waals surface area contributed by atoms with Crippen molar-refractivity contribution in [2.75, 3.05) is 6.54 Å². The lowest BCUT2D eigenvalue weighted by Gasteiger charge is -2.30. The Bertz CT molecular complexity index is 348. The molecule has 0 bridgehead atoms. The third kappa shape index (κ3) is 3.51. The Hall–Kier alpha value is -0.940. The number of aromatic nitrogens is 3. The van der Waals surface area contributed by atoms with Gasteiger partial charge in [0.2, 0.25) is 0 Å². The zero-order valence-corrected chi connectivity index (χ0v) is 11.2. The average Bonchev–Trinajstić information content (AvgIpc) is 2.64. The standard InChI is InChI=1S/C12H24N4O/c1-9(2)6-16-11(14-8-15-16)5-12(17,7-13)10(3)4/h8-10,17H,5-7,13H2,1-4H3. The zero-order valence-electron chi connectivity index (χ0n) is 11.2. The highest BCUT2D eigenvalue weighted by atomic mass is 16.3. The molecule has 0 aromatic carbocycles. The molecule has 1 atom stereocenters. The molecule has 98 valence electrons. The first-order valence-corrected chi connectivity index (χ1v) is 6.18. The molecule has 0 saturated carbocycles. The van der Waals surface area contributed by atoms with Crippen molar-refractivity contribution >= 4 is 0 Å². The van der Waals surface area contributed by atoms with Crippen LogP contribution in [0.15, 0.2) is 6.33 Å². The fourth-order valence-corrected chi connectivity index (χ4v) is 1.71. The van der Waals surface area contributed by atoms with Crippen LogP contribution in [0, 0.1) is 11.8 Å². The topological polar surface area (TPSA) is 77.0 Å². The Labute approximate surface area is 103 Å². The molecule has 0 fully saturated rings. The van der Waals surface area contributed by atoms with Gasteiger partial charge in [0.1, 0.15) is 12.2 Å². The van der Waals surface area contributed by atoms with Crippen LogP contribution in [0.3, 0.4) is 0 Å². The van der Waals surface area contributed by atoms with E-state index in [-0.39, 0.29) is 12.5 Å². The first kappa shape index (κ1) is 14.1. The van der Waals surface area contributed by atoms with Gasteiger partial charge in [-0.05, 0) is 11.8 Å². The number of hydrogen-bond acceptors (Lipinski definition) is 4. The summed E-state index contributed by atoms with van der Waals surface area (Å²) in [7, 11) is 0. The normalized spacial score (nSPS) is 15.5. The Kier molecular flexibility index (Phi) is 4.65. The van der Waals surface area contributed by atoms with Gasteiger partial charge >= 0.3 is 0 Å². The largest absolute Gasteiger partial charge is 0.388 e. The number of aliphatic hydroxyl groups is 1. The molecule has 3 N–H and O–H groups in total. The molecule has 0 aliphatic heterocycles. The summed E-state index contributed by atoms with van der Waals surface area (Å²) in [6, 6.07) is 0. The minimum Gasteiger partial charge on any atom is -0.388 e. The van der Waals surface area contributed by atoms with Crippen molar-refractivity contribution in [2.45, 2.75) is 46.3 Å².